The molecular formula is C25H32FN3OS. The van der Waals surface area contributed by atoms with Crippen LogP contribution in [-0.2, 0) is 11.3 Å². The maximum absolute atomic E-state index is 14.5. The first-order chi connectivity index (χ1) is 14.8. The van der Waals surface area contributed by atoms with E-state index in [1.165, 1.54) is 37.1 Å². The summed E-state index contributed by atoms with van der Waals surface area (Å²) in [6.07, 6.45) is 7.26. The third kappa shape index (κ3) is 3.85. The molecule has 1 aromatic heterocycles. The predicted molar refractivity (Wildman–Crippen MR) is 121 cm³/mol. The normalized spacial score (nSPS) is 30.2. The fraction of sp³-hybridized carbons (Fsp3) is 0.640. The lowest BCUT2D eigenvalue weighted by Crippen LogP contribution is -2.51. The molecular weight excluding hydrogens is 409 g/mol. The third-order valence-electron chi connectivity index (χ3n) is 7.59. The number of nitrogens with zero attached hydrogens (tertiary/aromatic N) is 3. The molecule has 6 rings (SSSR count). The Morgan fingerprint density at radius 1 is 1.10 bits per heavy atom. The van der Waals surface area contributed by atoms with Gasteiger partial charge in [-0.2, -0.15) is 0 Å². The number of carbonyl (C=O) groups excluding carboxylic acids is 1. The summed E-state index contributed by atoms with van der Waals surface area (Å²) in [6.45, 7) is 6.98. The van der Waals surface area contributed by atoms with E-state index in [0.29, 0.717) is 29.6 Å². The summed E-state index contributed by atoms with van der Waals surface area (Å²) in [7, 11) is 0. The van der Waals surface area contributed by atoms with Crippen molar-refractivity contribution in [1.29, 1.82) is 0 Å². The van der Waals surface area contributed by atoms with Gasteiger partial charge in [0.25, 0.3) is 0 Å². The molecule has 0 saturated heterocycles. The number of hydrogen-bond acceptors (Lipinski definition) is 4. The second-order valence-corrected chi connectivity index (χ2v) is 11.9. The number of thioether (sulfide) groups is 1. The van der Waals surface area contributed by atoms with Gasteiger partial charge in [-0.1, -0.05) is 37.7 Å². The molecule has 4 saturated carbocycles. The molecule has 2 aromatic rings. The number of ketones is 1. The van der Waals surface area contributed by atoms with Gasteiger partial charge in [0, 0.05) is 12.0 Å². The molecule has 1 atom stereocenters. The van der Waals surface area contributed by atoms with Crippen molar-refractivity contribution in [2.75, 3.05) is 0 Å². The summed E-state index contributed by atoms with van der Waals surface area (Å²) in [5.74, 6) is 3.27. The Hall–Kier alpha value is -1.69. The van der Waals surface area contributed by atoms with Gasteiger partial charge in [0.2, 0.25) is 0 Å². The van der Waals surface area contributed by atoms with E-state index in [1.807, 2.05) is 17.6 Å². The van der Waals surface area contributed by atoms with Gasteiger partial charge < -0.3 is 4.57 Å². The molecule has 0 radical (unpaired) electrons. The minimum absolute atomic E-state index is 0.113. The Bertz CT molecular complexity index is 950. The molecule has 31 heavy (non-hydrogen) atoms. The molecule has 0 amide bonds. The fourth-order valence-corrected chi connectivity index (χ4v) is 7.85. The lowest BCUT2D eigenvalue weighted by atomic mass is 9.48. The smallest absolute Gasteiger partial charge is 0.192 e. The number of Topliss-reactive ketones (excluding diaryl/α,β-unsaturated/α-hetero) is 1. The lowest BCUT2D eigenvalue weighted by molar-refractivity contribution is -0.143. The Kier molecular flexibility index (Phi) is 5.48. The SMILES string of the molecule is CC(C)Cn1c(S[C@H](C)C(=O)C23CC4CC(CC(C4)C2)C3)nnc1-c1ccccc1F. The van der Waals surface area contributed by atoms with Crippen molar-refractivity contribution < 1.29 is 9.18 Å². The summed E-state index contributed by atoms with van der Waals surface area (Å²) in [4.78, 5) is 13.7. The Morgan fingerprint density at radius 3 is 2.29 bits per heavy atom. The highest BCUT2D eigenvalue weighted by Gasteiger charge is 2.55. The first-order valence-electron chi connectivity index (χ1n) is 11.7. The molecule has 4 bridgehead atoms. The van der Waals surface area contributed by atoms with Crippen LogP contribution >= 0.6 is 11.8 Å². The van der Waals surface area contributed by atoms with Gasteiger partial charge in [-0.3, -0.25) is 4.79 Å². The molecule has 4 aliphatic carbocycles. The molecule has 0 N–H and O–H groups in total. The molecule has 4 nitrogen and oxygen atoms in total. The number of benzene rings is 1. The zero-order valence-corrected chi connectivity index (χ0v) is 19.5. The average Bonchev–Trinajstić information content (AvgIpc) is 3.08. The molecule has 4 fully saturated rings. The molecule has 4 aliphatic rings. The van der Waals surface area contributed by atoms with E-state index >= 15 is 0 Å². The maximum Gasteiger partial charge on any atom is 0.192 e. The fourth-order valence-electron chi connectivity index (χ4n) is 6.80. The van der Waals surface area contributed by atoms with E-state index in [2.05, 4.69) is 24.0 Å². The minimum atomic E-state index is -0.297. The van der Waals surface area contributed by atoms with Crippen LogP contribution in [0.5, 0.6) is 0 Å². The Balaban J connectivity index is 1.41. The maximum atomic E-state index is 14.5. The number of rotatable bonds is 7. The highest BCUT2D eigenvalue weighted by atomic mass is 32.2. The van der Waals surface area contributed by atoms with Gasteiger partial charge in [-0.15, -0.1) is 10.2 Å². The number of halogens is 1. The van der Waals surface area contributed by atoms with E-state index in [1.54, 1.807) is 12.1 Å². The highest BCUT2D eigenvalue weighted by molar-refractivity contribution is 8.00. The van der Waals surface area contributed by atoms with Gasteiger partial charge in [0.05, 0.1) is 10.8 Å². The predicted octanol–water partition coefficient (Wildman–Crippen LogP) is 6.01. The summed E-state index contributed by atoms with van der Waals surface area (Å²) >= 11 is 1.51. The van der Waals surface area contributed by atoms with Gasteiger partial charge in [0.15, 0.2) is 16.8 Å². The average molecular weight is 442 g/mol. The van der Waals surface area contributed by atoms with Crippen LogP contribution in [0.25, 0.3) is 11.4 Å². The molecule has 166 valence electrons. The van der Waals surface area contributed by atoms with Crippen molar-refractivity contribution in [3.8, 4) is 11.4 Å². The number of carbonyl (C=O) groups is 1. The van der Waals surface area contributed by atoms with Gasteiger partial charge in [-0.25, -0.2) is 4.39 Å². The zero-order chi connectivity index (χ0) is 21.8. The minimum Gasteiger partial charge on any atom is -0.302 e. The first kappa shape index (κ1) is 21.2. The topological polar surface area (TPSA) is 47.8 Å². The largest absolute Gasteiger partial charge is 0.302 e. The molecule has 1 aromatic carbocycles. The van der Waals surface area contributed by atoms with Crippen molar-refractivity contribution in [2.45, 2.75) is 76.2 Å². The van der Waals surface area contributed by atoms with Gasteiger partial charge >= 0.3 is 0 Å². The van der Waals surface area contributed by atoms with E-state index in [9.17, 15) is 9.18 Å². The van der Waals surface area contributed by atoms with Crippen molar-refractivity contribution in [3.05, 3.63) is 30.1 Å². The lowest BCUT2D eigenvalue weighted by Gasteiger charge is -2.56. The van der Waals surface area contributed by atoms with Crippen LogP contribution in [0.1, 0.15) is 59.3 Å². The van der Waals surface area contributed by atoms with Crippen LogP contribution in [0.4, 0.5) is 4.39 Å². The van der Waals surface area contributed by atoms with Crippen LogP contribution in [0.2, 0.25) is 0 Å². The highest BCUT2D eigenvalue weighted by Crippen LogP contribution is 2.61. The van der Waals surface area contributed by atoms with Gasteiger partial charge in [0.1, 0.15) is 5.82 Å². The molecule has 0 spiro atoms. The van der Waals surface area contributed by atoms with E-state index in [0.717, 1.165) is 42.2 Å². The molecule has 1 heterocycles. The Labute approximate surface area is 188 Å². The second kappa shape index (κ2) is 8.02. The zero-order valence-electron chi connectivity index (χ0n) is 18.7. The van der Waals surface area contributed by atoms with E-state index < -0.39 is 0 Å². The van der Waals surface area contributed by atoms with Crippen LogP contribution < -0.4 is 0 Å². The number of hydrogen-bond donors (Lipinski definition) is 0. The van der Waals surface area contributed by atoms with Crippen molar-refractivity contribution in [2.24, 2.45) is 29.1 Å². The standard InChI is InChI=1S/C25H32FN3OS/c1-15(2)14-29-23(20-6-4-5-7-21(20)26)27-28-24(29)31-16(3)22(30)25-11-17-8-18(12-25)10-19(9-17)13-25/h4-7,15-19H,8-14H2,1-3H3/t16-,17?,18?,19?,25?/m1/s1. The summed E-state index contributed by atoms with van der Waals surface area (Å²) in [5, 5.41) is 9.31. The molecule has 0 aliphatic heterocycles. The van der Waals surface area contributed by atoms with Gasteiger partial charge in [-0.05, 0) is 81.3 Å². The summed E-state index contributed by atoms with van der Waals surface area (Å²) in [6, 6.07) is 6.70. The van der Waals surface area contributed by atoms with Crippen LogP contribution in [-0.4, -0.2) is 25.8 Å². The summed E-state index contributed by atoms with van der Waals surface area (Å²) in [5.41, 5.74) is 0.348. The monoisotopic (exact) mass is 441 g/mol. The Morgan fingerprint density at radius 2 is 1.71 bits per heavy atom. The van der Waals surface area contributed by atoms with Crippen molar-refractivity contribution in [3.63, 3.8) is 0 Å². The van der Waals surface area contributed by atoms with Crippen LogP contribution in [0.3, 0.4) is 0 Å². The quantitative estimate of drug-likeness (QED) is 0.494. The molecule has 6 heteroatoms. The summed E-state index contributed by atoms with van der Waals surface area (Å²) < 4.78 is 16.5. The second-order valence-electron chi connectivity index (χ2n) is 10.6. The molecule has 0 unspecified atom stereocenters. The van der Waals surface area contributed by atoms with E-state index in [-0.39, 0.29) is 16.5 Å². The van der Waals surface area contributed by atoms with E-state index in [4.69, 9.17) is 0 Å². The van der Waals surface area contributed by atoms with Crippen molar-refractivity contribution in [1.82, 2.24) is 14.8 Å². The first-order valence-corrected chi connectivity index (χ1v) is 12.6. The number of aromatic nitrogens is 3. The van der Waals surface area contributed by atoms with Crippen molar-refractivity contribution >= 4 is 17.5 Å². The van der Waals surface area contributed by atoms with Crippen LogP contribution in [0.15, 0.2) is 29.4 Å². The van der Waals surface area contributed by atoms with Crippen LogP contribution in [0, 0.1) is 34.9 Å². The third-order valence-corrected chi connectivity index (χ3v) is 8.67.